The fourth-order valence-corrected chi connectivity index (χ4v) is 8.22. The van der Waals surface area contributed by atoms with Crippen molar-refractivity contribution in [1.29, 1.82) is 0 Å². The van der Waals surface area contributed by atoms with Crippen molar-refractivity contribution in [1.82, 2.24) is 0 Å². The van der Waals surface area contributed by atoms with Crippen LogP contribution in [0.5, 0.6) is 0 Å². The molecule has 0 aliphatic heterocycles. The summed E-state index contributed by atoms with van der Waals surface area (Å²) in [5.74, 6) is 0. The van der Waals surface area contributed by atoms with E-state index in [2.05, 4.69) is 206 Å². The van der Waals surface area contributed by atoms with Crippen molar-refractivity contribution in [2.45, 2.75) is 0 Å². The van der Waals surface area contributed by atoms with E-state index in [1.54, 1.807) is 0 Å². The highest BCUT2D eigenvalue weighted by molar-refractivity contribution is 6.23. The fourth-order valence-electron chi connectivity index (χ4n) is 8.22. The maximum absolute atomic E-state index is 2.32. The van der Waals surface area contributed by atoms with Crippen LogP contribution in [0.15, 0.2) is 206 Å². The summed E-state index contributed by atoms with van der Waals surface area (Å²) in [6.07, 6.45) is 0. The van der Waals surface area contributed by atoms with E-state index in [4.69, 9.17) is 0 Å². The molecule has 10 rings (SSSR count). The summed E-state index contributed by atoms with van der Waals surface area (Å²) in [4.78, 5) is 0. The van der Waals surface area contributed by atoms with Crippen LogP contribution >= 0.6 is 0 Å². The second kappa shape index (κ2) is 12.5. The van der Waals surface area contributed by atoms with Gasteiger partial charge in [0.15, 0.2) is 0 Å². The molecule has 0 unspecified atom stereocenters. The van der Waals surface area contributed by atoms with Gasteiger partial charge < -0.3 is 0 Å². The third kappa shape index (κ3) is 5.08. The molecule has 0 aliphatic carbocycles. The summed E-state index contributed by atoms with van der Waals surface area (Å²) in [6.45, 7) is 0. The lowest BCUT2D eigenvalue weighted by atomic mass is 9.84. The van der Waals surface area contributed by atoms with E-state index in [1.807, 2.05) is 0 Å². The van der Waals surface area contributed by atoms with Crippen LogP contribution in [0.4, 0.5) is 0 Å². The zero-order valence-electron chi connectivity index (χ0n) is 28.6. The first-order chi connectivity index (χ1) is 25.8. The van der Waals surface area contributed by atoms with Gasteiger partial charge in [-0.1, -0.05) is 194 Å². The lowest BCUT2D eigenvalue weighted by Crippen LogP contribution is -1.91. The summed E-state index contributed by atoms with van der Waals surface area (Å²) in [7, 11) is 0. The SMILES string of the molecule is c1cc(-c2ccc(-c3c4ccccc4c(-c4cccc5ccccc45)c4ccccc34)cc2)cc(-c2cccc(-c3cccc4ccccc34)c2)c1. The Morgan fingerprint density at radius 3 is 1.13 bits per heavy atom. The monoisotopic (exact) mass is 658 g/mol. The van der Waals surface area contributed by atoms with Crippen molar-refractivity contribution in [2.24, 2.45) is 0 Å². The fraction of sp³-hybridized carbons (Fsp3) is 0. The Morgan fingerprint density at radius 2 is 0.558 bits per heavy atom. The predicted molar refractivity (Wildman–Crippen MR) is 224 cm³/mol. The number of fused-ring (bicyclic) bond motifs is 4. The van der Waals surface area contributed by atoms with Crippen LogP contribution in [0.1, 0.15) is 0 Å². The van der Waals surface area contributed by atoms with Crippen LogP contribution in [-0.4, -0.2) is 0 Å². The molecule has 0 spiro atoms. The van der Waals surface area contributed by atoms with Crippen molar-refractivity contribution >= 4 is 43.1 Å². The predicted octanol–water partition coefficient (Wildman–Crippen LogP) is 14.6. The van der Waals surface area contributed by atoms with Crippen LogP contribution in [0.2, 0.25) is 0 Å². The van der Waals surface area contributed by atoms with Gasteiger partial charge in [0.1, 0.15) is 0 Å². The molecule has 0 N–H and O–H groups in total. The van der Waals surface area contributed by atoms with Crippen molar-refractivity contribution in [3.63, 3.8) is 0 Å². The number of rotatable bonds is 5. The van der Waals surface area contributed by atoms with Gasteiger partial charge in [0.2, 0.25) is 0 Å². The smallest absolute Gasteiger partial charge is 0.00201 e. The minimum atomic E-state index is 1.21. The highest BCUT2D eigenvalue weighted by Crippen LogP contribution is 2.45. The van der Waals surface area contributed by atoms with Crippen LogP contribution in [0.25, 0.3) is 98.7 Å². The van der Waals surface area contributed by atoms with Gasteiger partial charge in [0.05, 0.1) is 0 Å². The van der Waals surface area contributed by atoms with Crippen molar-refractivity contribution in [3.8, 4) is 55.6 Å². The van der Waals surface area contributed by atoms with E-state index in [1.165, 1.54) is 98.7 Å². The molecule has 0 radical (unpaired) electrons. The minimum Gasteiger partial charge on any atom is -0.0616 e. The van der Waals surface area contributed by atoms with E-state index >= 15 is 0 Å². The van der Waals surface area contributed by atoms with E-state index in [0.29, 0.717) is 0 Å². The van der Waals surface area contributed by atoms with Gasteiger partial charge >= 0.3 is 0 Å². The van der Waals surface area contributed by atoms with Crippen LogP contribution in [0, 0.1) is 0 Å². The molecule has 10 aromatic rings. The Bertz CT molecular complexity index is 2880. The zero-order chi connectivity index (χ0) is 34.4. The highest BCUT2D eigenvalue weighted by Gasteiger charge is 2.18. The second-order valence-electron chi connectivity index (χ2n) is 13.6. The molecule has 0 fully saturated rings. The van der Waals surface area contributed by atoms with Gasteiger partial charge in [-0.25, -0.2) is 0 Å². The van der Waals surface area contributed by atoms with Crippen LogP contribution in [0.3, 0.4) is 0 Å². The lowest BCUT2D eigenvalue weighted by Gasteiger charge is -2.19. The van der Waals surface area contributed by atoms with E-state index in [9.17, 15) is 0 Å². The molecular weight excluding hydrogens is 625 g/mol. The van der Waals surface area contributed by atoms with Gasteiger partial charge in [0.25, 0.3) is 0 Å². The molecule has 52 heavy (non-hydrogen) atoms. The van der Waals surface area contributed by atoms with E-state index < -0.39 is 0 Å². The maximum atomic E-state index is 2.32. The Labute approximate surface area is 303 Å². The first-order valence-corrected chi connectivity index (χ1v) is 18.0. The van der Waals surface area contributed by atoms with Gasteiger partial charge in [-0.05, 0) is 111 Å². The molecule has 0 bridgehead atoms. The molecule has 242 valence electrons. The van der Waals surface area contributed by atoms with Crippen molar-refractivity contribution < 1.29 is 0 Å². The quantitative estimate of drug-likeness (QED) is 0.161. The number of hydrogen-bond acceptors (Lipinski definition) is 0. The summed E-state index contributed by atoms with van der Waals surface area (Å²) < 4.78 is 0. The first kappa shape index (κ1) is 30.1. The van der Waals surface area contributed by atoms with Gasteiger partial charge in [-0.3, -0.25) is 0 Å². The highest BCUT2D eigenvalue weighted by atomic mass is 14.2. The van der Waals surface area contributed by atoms with E-state index in [-0.39, 0.29) is 0 Å². The standard InChI is InChI=1S/C52H34/c1-3-21-43-36(13-1)15-11-27-45(43)42-20-10-19-41(34-42)40-18-9-17-39(33-40)35-29-31-38(32-30-35)51-47-23-5-7-25-49(47)52(50-26-8-6-24-48(50)51)46-28-12-16-37-14-2-4-22-44(37)46/h1-34H. The molecule has 0 saturated heterocycles. The molecule has 0 amide bonds. The first-order valence-electron chi connectivity index (χ1n) is 18.0. The van der Waals surface area contributed by atoms with Crippen molar-refractivity contribution in [3.05, 3.63) is 206 Å². The normalized spacial score (nSPS) is 11.5. The van der Waals surface area contributed by atoms with Gasteiger partial charge in [-0.2, -0.15) is 0 Å². The molecule has 0 saturated carbocycles. The number of hydrogen-bond donors (Lipinski definition) is 0. The average molecular weight is 659 g/mol. The third-order valence-electron chi connectivity index (χ3n) is 10.7. The summed E-state index contributed by atoms with van der Waals surface area (Å²) in [6, 6.07) is 75.4. The summed E-state index contributed by atoms with van der Waals surface area (Å²) in [5.41, 5.74) is 12.4. The van der Waals surface area contributed by atoms with Crippen molar-refractivity contribution in [2.75, 3.05) is 0 Å². The topological polar surface area (TPSA) is 0 Å². The Balaban J connectivity index is 1.06. The largest absolute Gasteiger partial charge is 0.0616 e. The molecule has 0 aromatic heterocycles. The molecule has 0 heteroatoms. The maximum Gasteiger partial charge on any atom is -0.00201 e. The van der Waals surface area contributed by atoms with Gasteiger partial charge in [-0.15, -0.1) is 0 Å². The van der Waals surface area contributed by atoms with Gasteiger partial charge in [0, 0.05) is 0 Å². The molecule has 0 heterocycles. The van der Waals surface area contributed by atoms with Crippen LogP contribution < -0.4 is 0 Å². The Morgan fingerprint density at radius 1 is 0.192 bits per heavy atom. The molecule has 0 atom stereocenters. The molecule has 10 aromatic carbocycles. The van der Waals surface area contributed by atoms with E-state index in [0.717, 1.165) is 0 Å². The average Bonchev–Trinajstić information content (AvgIpc) is 3.22. The summed E-state index contributed by atoms with van der Waals surface area (Å²) >= 11 is 0. The summed E-state index contributed by atoms with van der Waals surface area (Å²) in [5, 5.41) is 10.2. The van der Waals surface area contributed by atoms with Crippen LogP contribution in [-0.2, 0) is 0 Å². The Hall–Kier alpha value is -6.76. The molecular formula is C52H34. The second-order valence-corrected chi connectivity index (χ2v) is 13.6. The molecule has 0 aliphatic rings. The zero-order valence-corrected chi connectivity index (χ0v) is 28.6. The number of benzene rings is 10. The third-order valence-corrected chi connectivity index (χ3v) is 10.7. The Kier molecular flexibility index (Phi) is 7.25. The minimum absolute atomic E-state index is 1.21. The molecule has 0 nitrogen and oxygen atoms in total. The lowest BCUT2D eigenvalue weighted by molar-refractivity contribution is 1.58.